The lowest BCUT2D eigenvalue weighted by atomic mass is 9.92. The minimum absolute atomic E-state index is 0.111. The minimum Gasteiger partial charge on any atom is -0.289 e. The van der Waals surface area contributed by atoms with E-state index in [9.17, 15) is 13.2 Å². The first-order chi connectivity index (χ1) is 8.45. The summed E-state index contributed by atoms with van der Waals surface area (Å²) in [6, 6.07) is 4.80. The van der Waals surface area contributed by atoms with E-state index in [1.165, 1.54) is 6.07 Å². The Morgan fingerprint density at radius 2 is 1.94 bits per heavy atom. The fourth-order valence-corrected chi connectivity index (χ4v) is 2.93. The molecule has 1 aromatic rings. The van der Waals surface area contributed by atoms with Crippen molar-refractivity contribution in [3.05, 3.63) is 47.1 Å². The summed E-state index contributed by atoms with van der Waals surface area (Å²) in [6.07, 6.45) is 7.15. The summed E-state index contributed by atoms with van der Waals surface area (Å²) < 4.78 is 23.3. The molecular formula is C14H14O3S. The molecule has 1 aliphatic rings. The molecule has 0 saturated carbocycles. The third-order valence-electron chi connectivity index (χ3n) is 2.83. The number of benzene rings is 1. The van der Waals surface area contributed by atoms with Gasteiger partial charge in [-0.15, -0.1) is 0 Å². The average molecular weight is 262 g/mol. The summed E-state index contributed by atoms with van der Waals surface area (Å²) in [6.45, 7) is 1.95. The van der Waals surface area contributed by atoms with Crippen molar-refractivity contribution in [3.63, 3.8) is 0 Å². The van der Waals surface area contributed by atoms with E-state index in [0.717, 1.165) is 12.7 Å². The van der Waals surface area contributed by atoms with Gasteiger partial charge >= 0.3 is 0 Å². The number of carbonyl (C=O) groups excluding carboxylic acids is 1. The van der Waals surface area contributed by atoms with Gasteiger partial charge in [0, 0.05) is 23.0 Å². The van der Waals surface area contributed by atoms with Gasteiger partial charge in [-0.1, -0.05) is 37.3 Å². The van der Waals surface area contributed by atoms with Crippen molar-refractivity contribution in [1.82, 2.24) is 0 Å². The van der Waals surface area contributed by atoms with Gasteiger partial charge in [0.05, 0.1) is 4.90 Å². The predicted octanol–water partition coefficient (Wildman–Crippen LogP) is 2.64. The van der Waals surface area contributed by atoms with Gasteiger partial charge in [-0.25, -0.2) is 8.42 Å². The molecule has 0 N–H and O–H groups in total. The molecular weight excluding hydrogens is 248 g/mol. The van der Waals surface area contributed by atoms with Crippen molar-refractivity contribution in [2.24, 2.45) is 0 Å². The van der Waals surface area contributed by atoms with Gasteiger partial charge in [-0.2, -0.15) is 0 Å². The highest BCUT2D eigenvalue weighted by atomic mass is 32.2. The van der Waals surface area contributed by atoms with Crippen LogP contribution >= 0.6 is 0 Å². The molecule has 0 aliphatic heterocycles. The lowest BCUT2D eigenvalue weighted by molar-refractivity contribution is 0.103. The van der Waals surface area contributed by atoms with Gasteiger partial charge in [0.15, 0.2) is 15.6 Å². The van der Waals surface area contributed by atoms with E-state index < -0.39 is 9.84 Å². The zero-order chi connectivity index (χ0) is 13.3. The lowest BCUT2D eigenvalue weighted by Crippen LogP contribution is -2.11. The zero-order valence-electron chi connectivity index (χ0n) is 10.3. The van der Waals surface area contributed by atoms with Gasteiger partial charge in [-0.3, -0.25) is 4.79 Å². The Balaban J connectivity index is 2.68. The Morgan fingerprint density at radius 1 is 1.22 bits per heavy atom. The molecule has 3 nitrogen and oxygen atoms in total. The maximum absolute atomic E-state index is 12.2. The molecule has 0 heterocycles. The van der Waals surface area contributed by atoms with E-state index in [2.05, 4.69) is 0 Å². The Labute approximate surface area is 107 Å². The zero-order valence-corrected chi connectivity index (χ0v) is 11.1. The maximum Gasteiger partial charge on any atom is 0.193 e. The molecule has 0 fully saturated rings. The average Bonchev–Trinajstić information content (AvgIpc) is 2.31. The fraction of sp³-hybridized carbons (Fsp3) is 0.214. The first-order valence-electron chi connectivity index (χ1n) is 5.71. The predicted molar refractivity (Wildman–Crippen MR) is 71.3 cm³/mol. The number of sulfone groups is 1. The van der Waals surface area contributed by atoms with Gasteiger partial charge < -0.3 is 0 Å². The number of Topliss-reactive ketones (excluding diaryl/α,β-unsaturated/α-hetero) is 1. The van der Waals surface area contributed by atoms with Crippen LogP contribution in [0.2, 0.25) is 0 Å². The van der Waals surface area contributed by atoms with Gasteiger partial charge in [0.1, 0.15) is 0 Å². The molecule has 0 radical (unpaired) electrons. The fourth-order valence-electron chi connectivity index (χ4n) is 2.02. The highest BCUT2D eigenvalue weighted by molar-refractivity contribution is 7.90. The van der Waals surface area contributed by atoms with Crippen LogP contribution in [0.15, 0.2) is 40.8 Å². The number of carbonyl (C=O) groups is 1. The molecule has 0 bridgehead atoms. The van der Waals surface area contributed by atoms with Crippen LogP contribution in [-0.2, 0) is 9.84 Å². The Kier molecular flexibility index (Phi) is 3.22. The molecule has 94 valence electrons. The topological polar surface area (TPSA) is 51.2 Å². The van der Waals surface area contributed by atoms with Crippen LogP contribution in [-0.4, -0.2) is 20.5 Å². The summed E-state index contributed by atoms with van der Waals surface area (Å²) in [7, 11) is -3.32. The van der Waals surface area contributed by atoms with Crippen molar-refractivity contribution in [3.8, 4) is 0 Å². The van der Waals surface area contributed by atoms with Crippen LogP contribution in [0.3, 0.4) is 0 Å². The molecule has 0 amide bonds. The summed E-state index contributed by atoms with van der Waals surface area (Å²) in [5.74, 6) is -0.111. The molecule has 1 aliphatic carbocycles. The normalized spacial score (nSPS) is 17.0. The van der Waals surface area contributed by atoms with Crippen molar-refractivity contribution in [2.45, 2.75) is 18.2 Å². The Morgan fingerprint density at radius 3 is 2.56 bits per heavy atom. The Hall–Kier alpha value is -1.68. The second-order valence-electron chi connectivity index (χ2n) is 4.22. The summed E-state index contributed by atoms with van der Waals surface area (Å²) in [5.41, 5.74) is 1.58. The SMILES string of the molecule is CC/C=C1/C=Cc2c(cccc2S(C)(=O)=O)C1=O. The van der Waals surface area contributed by atoms with E-state index in [1.54, 1.807) is 24.3 Å². The second kappa shape index (κ2) is 4.53. The maximum atomic E-state index is 12.2. The monoisotopic (exact) mass is 262 g/mol. The number of ketones is 1. The van der Waals surface area contributed by atoms with E-state index in [1.807, 2.05) is 13.0 Å². The van der Waals surface area contributed by atoms with Crippen LogP contribution in [0, 0.1) is 0 Å². The van der Waals surface area contributed by atoms with E-state index in [0.29, 0.717) is 16.7 Å². The van der Waals surface area contributed by atoms with Crippen LogP contribution < -0.4 is 0 Å². The smallest absolute Gasteiger partial charge is 0.193 e. The highest BCUT2D eigenvalue weighted by Gasteiger charge is 2.22. The van der Waals surface area contributed by atoms with Gasteiger partial charge in [-0.05, 0) is 12.5 Å². The minimum atomic E-state index is -3.32. The standard InChI is InChI=1S/C14H14O3S/c1-3-5-10-8-9-11-12(14(10)15)6-4-7-13(11)18(2,16)17/h4-9H,3H2,1-2H3/b10-5-. The summed E-state index contributed by atoms with van der Waals surface area (Å²) >= 11 is 0. The quantitative estimate of drug-likeness (QED) is 0.770. The number of hydrogen-bond acceptors (Lipinski definition) is 3. The van der Waals surface area contributed by atoms with E-state index >= 15 is 0 Å². The van der Waals surface area contributed by atoms with Crippen molar-refractivity contribution < 1.29 is 13.2 Å². The van der Waals surface area contributed by atoms with Gasteiger partial charge in [0.2, 0.25) is 0 Å². The van der Waals surface area contributed by atoms with Crippen LogP contribution in [0.1, 0.15) is 29.3 Å². The summed E-state index contributed by atoms with van der Waals surface area (Å²) in [5, 5.41) is 0. The Bertz CT molecular complexity index is 664. The van der Waals surface area contributed by atoms with Crippen molar-refractivity contribution in [2.75, 3.05) is 6.26 Å². The molecule has 0 aromatic heterocycles. The van der Waals surface area contributed by atoms with Gasteiger partial charge in [0.25, 0.3) is 0 Å². The molecule has 0 spiro atoms. The van der Waals surface area contributed by atoms with Crippen molar-refractivity contribution in [1.29, 1.82) is 0 Å². The molecule has 2 rings (SSSR count). The molecule has 0 atom stereocenters. The first kappa shape index (κ1) is 12.8. The van der Waals surface area contributed by atoms with E-state index in [-0.39, 0.29) is 10.7 Å². The first-order valence-corrected chi connectivity index (χ1v) is 7.60. The number of rotatable bonds is 2. The largest absolute Gasteiger partial charge is 0.289 e. The third-order valence-corrected chi connectivity index (χ3v) is 3.98. The molecule has 0 saturated heterocycles. The molecule has 4 heteroatoms. The number of fused-ring (bicyclic) bond motifs is 1. The van der Waals surface area contributed by atoms with Crippen LogP contribution in [0.25, 0.3) is 6.08 Å². The van der Waals surface area contributed by atoms with E-state index in [4.69, 9.17) is 0 Å². The number of hydrogen-bond donors (Lipinski definition) is 0. The van der Waals surface area contributed by atoms with Crippen LogP contribution in [0.4, 0.5) is 0 Å². The third kappa shape index (κ3) is 2.16. The molecule has 0 unspecified atom stereocenters. The molecule has 18 heavy (non-hydrogen) atoms. The molecule has 1 aromatic carbocycles. The highest BCUT2D eigenvalue weighted by Crippen LogP contribution is 2.28. The summed E-state index contributed by atoms with van der Waals surface area (Å²) in [4.78, 5) is 12.4. The lowest BCUT2D eigenvalue weighted by Gasteiger charge is -2.14. The van der Waals surface area contributed by atoms with Crippen molar-refractivity contribution >= 4 is 21.7 Å². The van der Waals surface area contributed by atoms with Crippen LogP contribution in [0.5, 0.6) is 0 Å². The second-order valence-corrected chi connectivity index (χ2v) is 6.20. The number of allylic oxidation sites excluding steroid dienone is 3.